The second-order valence-electron chi connectivity index (χ2n) is 5.75. The molecule has 1 N–H and O–H groups in total. The van der Waals surface area contributed by atoms with Crippen LogP contribution in [0, 0.1) is 6.92 Å². The van der Waals surface area contributed by atoms with E-state index in [0.29, 0.717) is 0 Å². The first-order valence-electron chi connectivity index (χ1n) is 7.34. The van der Waals surface area contributed by atoms with Crippen molar-refractivity contribution in [2.24, 2.45) is 0 Å². The van der Waals surface area contributed by atoms with Crippen LogP contribution in [-0.4, -0.2) is 33.9 Å². The smallest absolute Gasteiger partial charge is 0.121 e. The molecule has 2 aromatic heterocycles. The van der Waals surface area contributed by atoms with Gasteiger partial charge in [0.2, 0.25) is 0 Å². The summed E-state index contributed by atoms with van der Waals surface area (Å²) in [6, 6.07) is 12.5. The number of imidazole rings is 1. The van der Waals surface area contributed by atoms with Gasteiger partial charge in [-0.2, -0.15) is 0 Å². The minimum absolute atomic E-state index is 0.782. The summed E-state index contributed by atoms with van der Waals surface area (Å²) in [5.41, 5.74) is 5.50. The van der Waals surface area contributed by atoms with Crippen molar-refractivity contribution in [2.45, 2.75) is 13.5 Å². The summed E-state index contributed by atoms with van der Waals surface area (Å²) in [6.45, 7) is 2.88. The summed E-state index contributed by atoms with van der Waals surface area (Å²) in [5, 5.41) is 0. The molecule has 2 heterocycles. The van der Waals surface area contributed by atoms with Gasteiger partial charge in [0.1, 0.15) is 5.82 Å². The minimum Gasteiger partial charge on any atom is -0.340 e. The Bertz CT molecular complexity index is 760. The average Bonchev–Trinajstić information content (AvgIpc) is 2.91. The monoisotopic (exact) mass is 292 g/mol. The van der Waals surface area contributed by atoms with Gasteiger partial charge in [0.25, 0.3) is 0 Å². The van der Waals surface area contributed by atoms with E-state index in [1.54, 1.807) is 0 Å². The lowest BCUT2D eigenvalue weighted by Crippen LogP contribution is -2.11. The van der Waals surface area contributed by atoms with E-state index in [1.165, 1.54) is 5.56 Å². The zero-order valence-corrected chi connectivity index (χ0v) is 13.2. The molecule has 1 aromatic carbocycles. The van der Waals surface area contributed by atoms with Crippen LogP contribution in [-0.2, 0) is 6.54 Å². The number of nitrogens with one attached hydrogen (secondary N) is 1. The van der Waals surface area contributed by atoms with Crippen LogP contribution in [0.1, 0.15) is 11.4 Å². The Balaban J connectivity index is 2.13. The van der Waals surface area contributed by atoms with Crippen molar-refractivity contribution in [1.29, 1.82) is 0 Å². The van der Waals surface area contributed by atoms with Crippen molar-refractivity contribution in [2.75, 3.05) is 14.1 Å². The van der Waals surface area contributed by atoms with Crippen molar-refractivity contribution in [3.05, 3.63) is 60.2 Å². The number of aromatic amines is 1. The zero-order valence-electron chi connectivity index (χ0n) is 13.2. The molecule has 0 saturated heterocycles. The summed E-state index contributed by atoms with van der Waals surface area (Å²) >= 11 is 0. The van der Waals surface area contributed by atoms with Crippen LogP contribution in [0.25, 0.3) is 22.5 Å². The summed E-state index contributed by atoms with van der Waals surface area (Å²) in [4.78, 5) is 14.5. The number of benzene rings is 1. The molecular weight excluding hydrogens is 272 g/mol. The van der Waals surface area contributed by atoms with Gasteiger partial charge in [-0.25, -0.2) is 4.98 Å². The molecule has 0 aliphatic heterocycles. The first-order chi connectivity index (χ1) is 10.6. The van der Waals surface area contributed by atoms with Gasteiger partial charge in [-0.3, -0.25) is 4.98 Å². The van der Waals surface area contributed by atoms with Crippen molar-refractivity contribution in [3.63, 3.8) is 0 Å². The fraction of sp³-hybridized carbons (Fsp3) is 0.222. The van der Waals surface area contributed by atoms with Crippen LogP contribution in [0.15, 0.2) is 48.8 Å². The number of rotatable bonds is 4. The lowest BCUT2D eigenvalue weighted by Gasteiger charge is -2.05. The Labute approximate surface area is 130 Å². The maximum Gasteiger partial charge on any atom is 0.121 e. The molecule has 0 bridgehead atoms. The van der Waals surface area contributed by atoms with Crippen molar-refractivity contribution in [3.8, 4) is 22.5 Å². The van der Waals surface area contributed by atoms with Crippen molar-refractivity contribution in [1.82, 2.24) is 19.9 Å². The van der Waals surface area contributed by atoms with Gasteiger partial charge in [-0.1, -0.05) is 23.8 Å². The van der Waals surface area contributed by atoms with E-state index >= 15 is 0 Å². The molecule has 0 radical (unpaired) electrons. The molecule has 0 saturated carbocycles. The number of hydrogen-bond donors (Lipinski definition) is 1. The quantitative estimate of drug-likeness (QED) is 0.800. The molecule has 3 aromatic rings. The zero-order chi connectivity index (χ0) is 15.5. The molecule has 0 aliphatic rings. The van der Waals surface area contributed by atoms with Crippen LogP contribution < -0.4 is 0 Å². The Hall–Kier alpha value is -2.46. The molecule has 0 fully saturated rings. The summed E-state index contributed by atoms with van der Waals surface area (Å²) in [7, 11) is 4.09. The highest BCUT2D eigenvalue weighted by molar-refractivity contribution is 5.78. The standard InChI is InChI=1S/C18H20N4/c1-13-5-4-6-15(11-13)18-17(14-7-9-19-10-8-14)20-16(21-18)12-22(2)3/h4-11H,12H2,1-3H3,(H,20,21). The van der Waals surface area contributed by atoms with Crippen LogP contribution in [0.5, 0.6) is 0 Å². The Morgan fingerprint density at radius 2 is 1.82 bits per heavy atom. The molecule has 4 heteroatoms. The fourth-order valence-electron chi connectivity index (χ4n) is 2.53. The molecule has 0 spiro atoms. The van der Waals surface area contributed by atoms with E-state index in [4.69, 9.17) is 4.98 Å². The van der Waals surface area contributed by atoms with Gasteiger partial charge < -0.3 is 9.88 Å². The summed E-state index contributed by atoms with van der Waals surface area (Å²) < 4.78 is 0. The largest absolute Gasteiger partial charge is 0.340 e. The van der Waals surface area contributed by atoms with Gasteiger partial charge in [-0.15, -0.1) is 0 Å². The lowest BCUT2D eigenvalue weighted by molar-refractivity contribution is 0.392. The second-order valence-corrected chi connectivity index (χ2v) is 5.75. The van der Waals surface area contributed by atoms with E-state index in [0.717, 1.165) is 34.9 Å². The van der Waals surface area contributed by atoms with E-state index in [-0.39, 0.29) is 0 Å². The van der Waals surface area contributed by atoms with Crippen LogP contribution >= 0.6 is 0 Å². The van der Waals surface area contributed by atoms with E-state index in [1.807, 2.05) is 38.6 Å². The van der Waals surface area contributed by atoms with Crippen LogP contribution in [0.2, 0.25) is 0 Å². The SMILES string of the molecule is Cc1cccc(-c2nc(CN(C)C)[nH]c2-c2ccncc2)c1. The van der Waals surface area contributed by atoms with Gasteiger partial charge in [0.05, 0.1) is 17.9 Å². The Kier molecular flexibility index (Phi) is 4.02. The molecular formula is C18H20N4. The van der Waals surface area contributed by atoms with Crippen molar-refractivity contribution < 1.29 is 0 Å². The highest BCUT2D eigenvalue weighted by Gasteiger charge is 2.14. The summed E-state index contributed by atoms with van der Waals surface area (Å²) in [5.74, 6) is 0.966. The molecule has 3 rings (SSSR count). The Morgan fingerprint density at radius 3 is 2.50 bits per heavy atom. The highest BCUT2D eigenvalue weighted by atomic mass is 15.1. The van der Waals surface area contributed by atoms with E-state index in [9.17, 15) is 0 Å². The predicted molar refractivity (Wildman–Crippen MR) is 89.4 cm³/mol. The third-order valence-corrected chi connectivity index (χ3v) is 3.48. The van der Waals surface area contributed by atoms with E-state index in [2.05, 4.69) is 46.1 Å². The second kappa shape index (κ2) is 6.12. The number of H-pyrrole nitrogens is 1. The van der Waals surface area contributed by atoms with Crippen LogP contribution in [0.4, 0.5) is 0 Å². The van der Waals surface area contributed by atoms with Crippen LogP contribution in [0.3, 0.4) is 0 Å². The summed E-state index contributed by atoms with van der Waals surface area (Å²) in [6.07, 6.45) is 3.61. The maximum absolute atomic E-state index is 4.82. The normalized spacial score (nSPS) is 11.1. The topological polar surface area (TPSA) is 44.8 Å². The highest BCUT2D eigenvalue weighted by Crippen LogP contribution is 2.30. The number of aromatic nitrogens is 3. The van der Waals surface area contributed by atoms with Gasteiger partial charge in [-0.05, 0) is 39.2 Å². The maximum atomic E-state index is 4.82. The molecule has 0 atom stereocenters. The van der Waals surface area contributed by atoms with Gasteiger partial charge in [0, 0.05) is 23.5 Å². The predicted octanol–water partition coefficient (Wildman–Crippen LogP) is 3.51. The number of pyridine rings is 1. The molecule has 0 aliphatic carbocycles. The molecule has 4 nitrogen and oxygen atoms in total. The van der Waals surface area contributed by atoms with Gasteiger partial charge >= 0.3 is 0 Å². The Morgan fingerprint density at radius 1 is 1.05 bits per heavy atom. The first kappa shape index (κ1) is 14.5. The first-order valence-corrected chi connectivity index (χ1v) is 7.34. The van der Waals surface area contributed by atoms with Gasteiger partial charge in [0.15, 0.2) is 0 Å². The molecule has 112 valence electrons. The molecule has 0 unspecified atom stereocenters. The average molecular weight is 292 g/mol. The molecule has 0 amide bonds. The van der Waals surface area contributed by atoms with E-state index < -0.39 is 0 Å². The lowest BCUT2D eigenvalue weighted by atomic mass is 10.0. The third-order valence-electron chi connectivity index (χ3n) is 3.48. The fourth-order valence-corrected chi connectivity index (χ4v) is 2.53. The minimum atomic E-state index is 0.782. The number of aryl methyl sites for hydroxylation is 1. The third kappa shape index (κ3) is 3.07. The number of nitrogens with zero attached hydrogens (tertiary/aromatic N) is 3. The van der Waals surface area contributed by atoms with Crippen molar-refractivity contribution >= 4 is 0 Å². The molecule has 22 heavy (non-hydrogen) atoms. The number of hydrogen-bond acceptors (Lipinski definition) is 3.